The van der Waals surface area contributed by atoms with Crippen LogP contribution >= 0.6 is 11.6 Å². The predicted octanol–water partition coefficient (Wildman–Crippen LogP) is 4.04. The van der Waals surface area contributed by atoms with Crippen molar-refractivity contribution >= 4 is 11.6 Å². The topological polar surface area (TPSA) is 12.0 Å². The van der Waals surface area contributed by atoms with Crippen molar-refractivity contribution in [1.82, 2.24) is 5.32 Å². The van der Waals surface area contributed by atoms with Crippen molar-refractivity contribution in [2.45, 2.75) is 39.8 Å². The van der Waals surface area contributed by atoms with Gasteiger partial charge < -0.3 is 5.32 Å². The van der Waals surface area contributed by atoms with E-state index in [1.165, 1.54) is 5.56 Å². The third kappa shape index (κ3) is 3.84. The van der Waals surface area contributed by atoms with Crippen LogP contribution in [0.25, 0.3) is 0 Å². The van der Waals surface area contributed by atoms with Crippen LogP contribution in [0.4, 0.5) is 0 Å². The fourth-order valence-electron chi connectivity index (χ4n) is 1.43. The maximum Gasteiger partial charge on any atom is 0.0406 e. The lowest BCUT2D eigenvalue weighted by Gasteiger charge is -2.23. The quantitative estimate of drug-likeness (QED) is 0.816. The van der Waals surface area contributed by atoms with Crippen LogP contribution < -0.4 is 5.32 Å². The van der Waals surface area contributed by atoms with Gasteiger partial charge in [-0.15, -0.1) is 0 Å². The molecule has 1 N–H and O–H groups in total. The highest BCUT2D eigenvalue weighted by Gasteiger charge is 2.11. The average molecular weight is 226 g/mol. The Labute approximate surface area is 97.8 Å². The van der Waals surface area contributed by atoms with Crippen molar-refractivity contribution in [1.29, 1.82) is 0 Å². The van der Waals surface area contributed by atoms with Crippen LogP contribution in [0.3, 0.4) is 0 Å². The highest BCUT2D eigenvalue weighted by molar-refractivity contribution is 6.30. The van der Waals surface area contributed by atoms with Gasteiger partial charge in [0, 0.05) is 17.1 Å². The molecule has 0 aliphatic heterocycles. The third-order valence-corrected chi connectivity index (χ3v) is 3.13. The Morgan fingerprint density at radius 1 is 1.00 bits per heavy atom. The molecule has 1 nitrogen and oxygen atoms in total. The Bertz CT molecular complexity index is 292. The molecular weight excluding hydrogens is 206 g/mol. The number of hydrogen-bond acceptors (Lipinski definition) is 1. The zero-order chi connectivity index (χ0) is 11.4. The Morgan fingerprint density at radius 2 is 1.53 bits per heavy atom. The maximum absolute atomic E-state index is 5.85. The summed E-state index contributed by atoms with van der Waals surface area (Å²) in [5, 5.41) is 4.37. The molecule has 0 saturated heterocycles. The zero-order valence-electron chi connectivity index (χ0n) is 9.92. The fourth-order valence-corrected chi connectivity index (χ4v) is 1.56. The van der Waals surface area contributed by atoms with Gasteiger partial charge in [0.1, 0.15) is 0 Å². The Hall–Kier alpha value is -0.530. The molecular formula is C13H20ClN. The van der Waals surface area contributed by atoms with Gasteiger partial charge in [0.25, 0.3) is 0 Å². The van der Waals surface area contributed by atoms with Crippen molar-refractivity contribution in [3.05, 3.63) is 34.9 Å². The molecule has 0 aliphatic carbocycles. The van der Waals surface area contributed by atoms with Crippen LogP contribution in [0.1, 0.15) is 39.3 Å². The molecule has 15 heavy (non-hydrogen) atoms. The molecule has 0 unspecified atom stereocenters. The number of rotatable bonds is 4. The van der Waals surface area contributed by atoms with Gasteiger partial charge in [0.05, 0.1) is 0 Å². The summed E-state index contributed by atoms with van der Waals surface area (Å²) in [6.45, 7) is 8.86. The van der Waals surface area contributed by atoms with E-state index in [1.807, 2.05) is 12.1 Å². The minimum Gasteiger partial charge on any atom is -0.307 e. The van der Waals surface area contributed by atoms with E-state index in [0.717, 1.165) is 5.02 Å². The third-order valence-electron chi connectivity index (χ3n) is 2.88. The Balaban J connectivity index is 2.61. The van der Waals surface area contributed by atoms with Crippen LogP contribution in [-0.2, 0) is 0 Å². The van der Waals surface area contributed by atoms with E-state index >= 15 is 0 Å². The highest BCUT2D eigenvalue weighted by Crippen LogP contribution is 2.17. The molecule has 1 aromatic rings. The molecule has 1 rings (SSSR count). The van der Waals surface area contributed by atoms with Crippen molar-refractivity contribution in [3.63, 3.8) is 0 Å². The van der Waals surface area contributed by atoms with Gasteiger partial charge in [-0.05, 0) is 37.5 Å². The number of hydrogen-bond donors (Lipinski definition) is 1. The molecule has 0 spiro atoms. The molecule has 0 aliphatic rings. The maximum atomic E-state index is 5.85. The highest BCUT2D eigenvalue weighted by atomic mass is 35.5. The van der Waals surface area contributed by atoms with E-state index in [1.54, 1.807) is 0 Å². The summed E-state index contributed by atoms with van der Waals surface area (Å²) < 4.78 is 0. The second-order valence-electron chi connectivity index (χ2n) is 4.47. The van der Waals surface area contributed by atoms with Gasteiger partial charge in [-0.25, -0.2) is 0 Å². The average Bonchev–Trinajstić information content (AvgIpc) is 2.18. The smallest absolute Gasteiger partial charge is 0.0406 e. The van der Waals surface area contributed by atoms with Gasteiger partial charge >= 0.3 is 0 Å². The SMILES string of the molecule is CC(C)[C@@H](C)N[C@H](C)c1ccc(Cl)cc1. The second kappa shape index (κ2) is 5.53. The molecule has 0 aromatic heterocycles. The summed E-state index contributed by atoms with van der Waals surface area (Å²) in [7, 11) is 0. The predicted molar refractivity (Wildman–Crippen MR) is 67.3 cm³/mol. The van der Waals surface area contributed by atoms with E-state index in [9.17, 15) is 0 Å². The zero-order valence-corrected chi connectivity index (χ0v) is 10.7. The largest absolute Gasteiger partial charge is 0.307 e. The minimum atomic E-state index is 0.375. The molecule has 0 bridgehead atoms. The first-order valence-electron chi connectivity index (χ1n) is 5.52. The molecule has 2 heteroatoms. The van der Waals surface area contributed by atoms with Crippen LogP contribution in [0.5, 0.6) is 0 Å². The summed E-state index contributed by atoms with van der Waals surface area (Å²) >= 11 is 5.85. The number of benzene rings is 1. The molecule has 84 valence electrons. The van der Waals surface area contributed by atoms with Gasteiger partial charge in [-0.2, -0.15) is 0 Å². The molecule has 0 fully saturated rings. The number of halogens is 1. The van der Waals surface area contributed by atoms with E-state index in [4.69, 9.17) is 11.6 Å². The standard InChI is InChI=1S/C13H20ClN/c1-9(2)10(3)15-11(4)12-5-7-13(14)8-6-12/h5-11,15H,1-4H3/t10-,11-/m1/s1. The summed E-state index contributed by atoms with van der Waals surface area (Å²) in [6.07, 6.45) is 0. The molecule has 0 heterocycles. The molecule has 1 aromatic carbocycles. The van der Waals surface area contributed by atoms with E-state index in [-0.39, 0.29) is 0 Å². The summed E-state index contributed by atoms with van der Waals surface area (Å²) in [5.41, 5.74) is 1.28. The monoisotopic (exact) mass is 225 g/mol. The van der Waals surface area contributed by atoms with Gasteiger partial charge in [-0.1, -0.05) is 37.6 Å². The van der Waals surface area contributed by atoms with Crippen LogP contribution in [0.2, 0.25) is 5.02 Å². The van der Waals surface area contributed by atoms with Crippen LogP contribution in [0, 0.1) is 5.92 Å². The van der Waals surface area contributed by atoms with Crippen molar-refractivity contribution in [3.8, 4) is 0 Å². The van der Waals surface area contributed by atoms with Gasteiger partial charge in [0.15, 0.2) is 0 Å². The Morgan fingerprint density at radius 3 is 2.00 bits per heavy atom. The summed E-state index contributed by atoms with van der Waals surface area (Å²) in [4.78, 5) is 0. The van der Waals surface area contributed by atoms with Crippen LogP contribution in [0.15, 0.2) is 24.3 Å². The van der Waals surface area contributed by atoms with Crippen LogP contribution in [-0.4, -0.2) is 6.04 Å². The lowest BCUT2D eigenvalue weighted by Crippen LogP contribution is -2.32. The second-order valence-corrected chi connectivity index (χ2v) is 4.91. The van der Waals surface area contributed by atoms with E-state index < -0.39 is 0 Å². The first kappa shape index (κ1) is 12.5. The summed E-state index contributed by atoms with van der Waals surface area (Å²) in [6, 6.07) is 8.93. The molecule has 0 amide bonds. The first-order chi connectivity index (χ1) is 7.00. The van der Waals surface area contributed by atoms with E-state index in [2.05, 4.69) is 45.1 Å². The first-order valence-corrected chi connectivity index (χ1v) is 5.90. The van der Waals surface area contributed by atoms with Gasteiger partial charge in [0.2, 0.25) is 0 Å². The fraction of sp³-hybridized carbons (Fsp3) is 0.538. The van der Waals surface area contributed by atoms with E-state index in [0.29, 0.717) is 18.0 Å². The number of nitrogens with one attached hydrogen (secondary N) is 1. The summed E-state index contributed by atoms with van der Waals surface area (Å²) in [5.74, 6) is 0.653. The van der Waals surface area contributed by atoms with Gasteiger partial charge in [-0.3, -0.25) is 0 Å². The normalized spacial score (nSPS) is 15.3. The Kier molecular flexibility index (Phi) is 4.62. The lowest BCUT2D eigenvalue weighted by atomic mass is 10.0. The lowest BCUT2D eigenvalue weighted by molar-refractivity contribution is 0.389. The molecule has 0 radical (unpaired) electrons. The molecule has 0 saturated carbocycles. The van der Waals surface area contributed by atoms with Crippen molar-refractivity contribution in [2.24, 2.45) is 5.92 Å². The van der Waals surface area contributed by atoms with Crippen molar-refractivity contribution < 1.29 is 0 Å². The minimum absolute atomic E-state index is 0.375. The van der Waals surface area contributed by atoms with Crippen molar-refractivity contribution in [2.75, 3.05) is 0 Å². The molecule has 2 atom stereocenters.